The summed E-state index contributed by atoms with van der Waals surface area (Å²) < 4.78 is 47.6. The minimum atomic E-state index is -4.54. The molecule has 10 heteroatoms. The number of hydrogen-bond acceptors (Lipinski definition) is 6. The number of likely N-dealkylation sites (N-methyl/N-ethyl adjacent to an activating group) is 1. The summed E-state index contributed by atoms with van der Waals surface area (Å²) in [6.07, 6.45) is -3.01. The Labute approximate surface area is 180 Å². The van der Waals surface area contributed by atoms with E-state index >= 15 is 0 Å². The molecule has 2 aromatic rings. The average Bonchev–Trinajstić information content (AvgIpc) is 3.09. The molecule has 2 aromatic heterocycles. The molecule has 7 nitrogen and oxygen atoms in total. The van der Waals surface area contributed by atoms with Gasteiger partial charge in [0, 0.05) is 25.7 Å². The summed E-state index contributed by atoms with van der Waals surface area (Å²) in [4.78, 5) is 22.3. The number of aliphatic hydroxyl groups is 1. The van der Waals surface area contributed by atoms with Crippen LogP contribution >= 0.6 is 0 Å². The third-order valence-corrected chi connectivity index (χ3v) is 4.06. The highest BCUT2D eigenvalue weighted by Crippen LogP contribution is 2.24. The molecule has 1 N–H and O–H groups in total. The van der Waals surface area contributed by atoms with Crippen molar-refractivity contribution in [3.8, 4) is 5.88 Å². The van der Waals surface area contributed by atoms with Gasteiger partial charge in [-0.1, -0.05) is 13.8 Å². The monoisotopic (exact) mass is 445 g/mol. The van der Waals surface area contributed by atoms with Crippen LogP contribution in [0.25, 0.3) is 0 Å². The van der Waals surface area contributed by atoms with Crippen LogP contribution in [0.15, 0.2) is 22.7 Å². The first kappa shape index (κ1) is 26.4. The van der Waals surface area contributed by atoms with Crippen molar-refractivity contribution in [2.75, 3.05) is 19.7 Å². The largest absolute Gasteiger partial charge is 0.467 e. The number of ether oxygens (including phenoxy) is 1. The van der Waals surface area contributed by atoms with Crippen molar-refractivity contribution in [3.63, 3.8) is 0 Å². The number of aryl methyl sites for hydroxylation is 1. The van der Waals surface area contributed by atoms with Gasteiger partial charge in [0.1, 0.15) is 22.6 Å². The molecule has 2 rings (SSSR count). The molecule has 0 bridgehead atoms. The van der Waals surface area contributed by atoms with Gasteiger partial charge in [-0.05, 0) is 39.8 Å². The normalized spacial score (nSPS) is 11.5. The molecule has 0 unspecified atom stereocenters. The highest BCUT2D eigenvalue weighted by Gasteiger charge is 2.30. The molecule has 1 amide bonds. The van der Waals surface area contributed by atoms with E-state index in [1.165, 1.54) is 23.2 Å². The molecular formula is C21H30F3N3O4. The Hall–Kier alpha value is -2.62. The van der Waals surface area contributed by atoms with Crippen LogP contribution in [0.1, 0.15) is 62.3 Å². The van der Waals surface area contributed by atoms with E-state index < -0.39 is 24.3 Å². The van der Waals surface area contributed by atoms with E-state index in [9.17, 15) is 23.1 Å². The van der Waals surface area contributed by atoms with Crippen LogP contribution in [-0.2, 0) is 12.0 Å². The van der Waals surface area contributed by atoms with E-state index in [2.05, 4.69) is 9.97 Å². The molecule has 0 saturated heterocycles. The molecule has 31 heavy (non-hydrogen) atoms. The molecule has 0 aromatic carbocycles. The third-order valence-electron chi connectivity index (χ3n) is 4.06. The summed E-state index contributed by atoms with van der Waals surface area (Å²) in [6.45, 7) is 9.60. The van der Waals surface area contributed by atoms with E-state index in [1.807, 2.05) is 13.8 Å². The topological polar surface area (TPSA) is 88.7 Å². The number of hydrogen-bond donors (Lipinski definition) is 1. The fourth-order valence-electron chi connectivity index (χ4n) is 2.75. The molecule has 0 aliphatic rings. The molecule has 0 radical (unpaired) electrons. The summed E-state index contributed by atoms with van der Waals surface area (Å²) in [7, 11) is 0. The number of rotatable bonds is 8. The Balaban J connectivity index is 0.00000233. The van der Waals surface area contributed by atoms with E-state index in [0.717, 1.165) is 0 Å². The Bertz CT molecular complexity index is 845. The summed E-state index contributed by atoms with van der Waals surface area (Å²) in [6, 6.07) is 2.82. The molecule has 174 valence electrons. The van der Waals surface area contributed by atoms with Crippen molar-refractivity contribution in [3.05, 3.63) is 41.2 Å². The van der Waals surface area contributed by atoms with Gasteiger partial charge in [-0.2, -0.15) is 13.2 Å². The van der Waals surface area contributed by atoms with Gasteiger partial charge in [0.05, 0.1) is 0 Å². The smallest absolute Gasteiger partial charge is 0.422 e. The lowest BCUT2D eigenvalue weighted by molar-refractivity contribution is -0.154. The molecule has 0 aliphatic heterocycles. The predicted octanol–water partition coefficient (Wildman–Crippen LogP) is 4.28. The van der Waals surface area contributed by atoms with Crippen LogP contribution in [0.2, 0.25) is 0 Å². The van der Waals surface area contributed by atoms with Crippen LogP contribution in [0, 0.1) is 6.92 Å². The van der Waals surface area contributed by atoms with Crippen LogP contribution in [0.4, 0.5) is 13.2 Å². The number of amides is 1. The number of halogens is 3. The van der Waals surface area contributed by atoms with E-state index in [4.69, 9.17) is 9.15 Å². The molecule has 0 aliphatic carbocycles. The van der Waals surface area contributed by atoms with Gasteiger partial charge in [0.15, 0.2) is 12.5 Å². The highest BCUT2D eigenvalue weighted by atomic mass is 19.4. The lowest BCUT2D eigenvalue weighted by atomic mass is 10.0. The summed E-state index contributed by atoms with van der Waals surface area (Å²) in [5.74, 6) is -0.0455. The van der Waals surface area contributed by atoms with Gasteiger partial charge in [-0.3, -0.25) is 4.79 Å². The molecule has 0 spiro atoms. The van der Waals surface area contributed by atoms with E-state index in [0.29, 0.717) is 23.9 Å². The van der Waals surface area contributed by atoms with Crippen LogP contribution in [0.5, 0.6) is 5.88 Å². The fourth-order valence-corrected chi connectivity index (χ4v) is 2.75. The standard InChI is InChI=1S/C19H24F3N3O4.C2H6/c1-5-25(10-8-14-24-15(12(2)29-14)18(3,4)27)17(26)13-7-6-9-23-16(13)28-11-19(20,21)22;1-2/h6-7,9,27H,5,8,10-11H2,1-4H3;1-2H3. The van der Waals surface area contributed by atoms with Gasteiger partial charge in [0.2, 0.25) is 5.88 Å². The maximum absolute atomic E-state index is 12.8. The number of alkyl halides is 3. The van der Waals surface area contributed by atoms with Crippen molar-refractivity contribution < 1.29 is 32.2 Å². The predicted molar refractivity (Wildman–Crippen MR) is 109 cm³/mol. The zero-order valence-electron chi connectivity index (χ0n) is 18.7. The SMILES string of the molecule is CC.CCN(CCc1nc(C(C)(C)O)c(C)o1)C(=O)c1cccnc1OCC(F)(F)F. The molecule has 0 atom stereocenters. The van der Waals surface area contributed by atoms with Gasteiger partial charge in [-0.15, -0.1) is 0 Å². The van der Waals surface area contributed by atoms with Crippen LogP contribution in [0.3, 0.4) is 0 Å². The first-order valence-electron chi connectivity index (χ1n) is 10.1. The van der Waals surface area contributed by atoms with Crippen molar-refractivity contribution in [1.82, 2.24) is 14.9 Å². The van der Waals surface area contributed by atoms with Crippen molar-refractivity contribution in [2.24, 2.45) is 0 Å². The van der Waals surface area contributed by atoms with Gasteiger partial charge >= 0.3 is 6.18 Å². The Morgan fingerprint density at radius 3 is 2.45 bits per heavy atom. The Morgan fingerprint density at radius 1 is 1.29 bits per heavy atom. The number of pyridine rings is 1. The third kappa shape index (κ3) is 7.86. The second-order valence-electron chi connectivity index (χ2n) is 6.97. The first-order chi connectivity index (χ1) is 14.4. The van der Waals surface area contributed by atoms with Gasteiger partial charge in [0.25, 0.3) is 5.91 Å². The van der Waals surface area contributed by atoms with E-state index in [1.54, 1.807) is 27.7 Å². The lowest BCUT2D eigenvalue weighted by Crippen LogP contribution is -2.33. The Morgan fingerprint density at radius 2 is 1.94 bits per heavy atom. The van der Waals surface area contributed by atoms with Crippen LogP contribution < -0.4 is 4.74 Å². The van der Waals surface area contributed by atoms with Crippen molar-refractivity contribution in [2.45, 2.75) is 59.7 Å². The minimum Gasteiger partial charge on any atom is -0.467 e. The van der Waals surface area contributed by atoms with Crippen molar-refractivity contribution in [1.29, 1.82) is 0 Å². The van der Waals surface area contributed by atoms with Crippen molar-refractivity contribution >= 4 is 5.91 Å². The number of nitrogens with zero attached hydrogens (tertiary/aromatic N) is 3. The lowest BCUT2D eigenvalue weighted by Gasteiger charge is -2.21. The summed E-state index contributed by atoms with van der Waals surface area (Å²) >= 11 is 0. The second-order valence-corrected chi connectivity index (χ2v) is 6.97. The van der Waals surface area contributed by atoms with Gasteiger partial charge in [-0.25, -0.2) is 9.97 Å². The number of oxazole rings is 1. The molecule has 0 saturated carbocycles. The van der Waals surface area contributed by atoms with E-state index in [-0.39, 0.29) is 24.4 Å². The zero-order valence-corrected chi connectivity index (χ0v) is 18.7. The minimum absolute atomic E-state index is 0.0561. The first-order valence-corrected chi connectivity index (χ1v) is 10.1. The maximum atomic E-state index is 12.8. The maximum Gasteiger partial charge on any atom is 0.422 e. The summed E-state index contributed by atoms with van der Waals surface area (Å²) in [5.41, 5.74) is -0.802. The number of aromatic nitrogens is 2. The molecule has 2 heterocycles. The van der Waals surface area contributed by atoms with Gasteiger partial charge < -0.3 is 19.2 Å². The molecule has 0 fully saturated rings. The quantitative estimate of drug-likeness (QED) is 0.653. The van der Waals surface area contributed by atoms with Crippen LogP contribution in [-0.4, -0.2) is 51.8 Å². The summed E-state index contributed by atoms with van der Waals surface area (Å²) in [5, 5.41) is 10.1. The average molecular weight is 445 g/mol. The zero-order chi connectivity index (χ0) is 23.8. The fraction of sp³-hybridized carbons (Fsp3) is 0.571. The molecular weight excluding hydrogens is 415 g/mol. The second kappa shape index (κ2) is 11.1. The number of carbonyl (C=O) groups is 1. The Kier molecular flexibility index (Phi) is 9.48. The highest BCUT2D eigenvalue weighted by molar-refractivity contribution is 5.96. The number of carbonyl (C=O) groups excluding carboxylic acids is 1.